The predicted molar refractivity (Wildman–Crippen MR) is 140 cm³/mol. The third kappa shape index (κ3) is 5.36. The van der Waals surface area contributed by atoms with E-state index in [1.165, 1.54) is 4.31 Å². The van der Waals surface area contributed by atoms with Crippen molar-refractivity contribution in [1.82, 2.24) is 4.90 Å². The molecule has 2 amide bonds. The summed E-state index contributed by atoms with van der Waals surface area (Å²) in [5.41, 5.74) is 1.74. The van der Waals surface area contributed by atoms with Gasteiger partial charge in [-0.25, -0.2) is 8.42 Å². The summed E-state index contributed by atoms with van der Waals surface area (Å²) in [6, 6.07) is 22.4. The summed E-state index contributed by atoms with van der Waals surface area (Å²) in [6.07, 6.45) is -1.11. The maximum atomic E-state index is 13.4. The van der Waals surface area contributed by atoms with Crippen molar-refractivity contribution in [2.75, 3.05) is 29.3 Å². The van der Waals surface area contributed by atoms with Crippen LogP contribution in [0.15, 0.2) is 78.9 Å². The lowest BCUT2D eigenvalue weighted by atomic mass is 10.1. The van der Waals surface area contributed by atoms with Crippen molar-refractivity contribution in [1.29, 1.82) is 0 Å². The van der Waals surface area contributed by atoms with Gasteiger partial charge >= 0.3 is 0 Å². The van der Waals surface area contributed by atoms with E-state index >= 15 is 0 Å². The van der Waals surface area contributed by atoms with Crippen molar-refractivity contribution in [3.8, 4) is 5.75 Å². The van der Waals surface area contributed by atoms with Gasteiger partial charge in [0.1, 0.15) is 5.75 Å². The molecule has 36 heavy (non-hydrogen) atoms. The Labute approximate surface area is 211 Å². The summed E-state index contributed by atoms with van der Waals surface area (Å²) in [5, 5.41) is 2.78. The van der Waals surface area contributed by atoms with Gasteiger partial charge in [0.15, 0.2) is 6.10 Å². The van der Waals surface area contributed by atoms with Crippen molar-refractivity contribution in [3.05, 3.63) is 90.0 Å². The number of amides is 2. The van der Waals surface area contributed by atoms with Gasteiger partial charge < -0.3 is 15.0 Å². The predicted octanol–water partition coefficient (Wildman–Crippen LogP) is 3.90. The van der Waals surface area contributed by atoms with Crippen LogP contribution in [0.2, 0.25) is 0 Å². The molecule has 1 heterocycles. The molecule has 1 atom stereocenters. The van der Waals surface area contributed by atoms with Crippen LogP contribution in [0.4, 0.5) is 11.4 Å². The van der Waals surface area contributed by atoms with Crippen molar-refractivity contribution in [2.24, 2.45) is 0 Å². The summed E-state index contributed by atoms with van der Waals surface area (Å²) in [6.45, 7) is 4.66. The molecule has 3 aromatic carbocycles. The molecule has 1 aliphatic rings. The molecule has 0 aliphatic carbocycles. The number of ether oxygens (including phenoxy) is 1. The molecular formula is C27H29N3O5S. The molecular weight excluding hydrogens is 478 g/mol. The van der Waals surface area contributed by atoms with E-state index in [9.17, 15) is 18.0 Å². The average molecular weight is 508 g/mol. The summed E-state index contributed by atoms with van der Waals surface area (Å²) in [5.74, 6) is -0.646. The third-order valence-electron chi connectivity index (χ3n) is 6.02. The van der Waals surface area contributed by atoms with Crippen molar-refractivity contribution in [3.63, 3.8) is 0 Å². The van der Waals surface area contributed by atoms with Gasteiger partial charge in [-0.3, -0.25) is 13.9 Å². The first-order chi connectivity index (χ1) is 17.3. The molecule has 1 N–H and O–H groups in total. The summed E-state index contributed by atoms with van der Waals surface area (Å²) in [4.78, 5) is 27.9. The molecule has 8 nitrogen and oxygen atoms in total. The van der Waals surface area contributed by atoms with E-state index in [0.717, 1.165) is 0 Å². The highest BCUT2D eigenvalue weighted by Gasteiger charge is 2.37. The van der Waals surface area contributed by atoms with E-state index in [1.807, 2.05) is 19.9 Å². The highest BCUT2D eigenvalue weighted by molar-refractivity contribution is 7.92. The summed E-state index contributed by atoms with van der Waals surface area (Å²) >= 11 is 0. The van der Waals surface area contributed by atoms with Gasteiger partial charge in [-0.1, -0.05) is 54.6 Å². The Balaban J connectivity index is 1.60. The van der Waals surface area contributed by atoms with Crippen LogP contribution in [-0.2, 0) is 20.6 Å². The normalized spacial score (nSPS) is 14.9. The van der Waals surface area contributed by atoms with Gasteiger partial charge in [0.25, 0.3) is 11.8 Å². The minimum Gasteiger partial charge on any atom is -0.476 e. The number of hydrogen-bond donors (Lipinski definition) is 1. The number of fused-ring (bicyclic) bond motifs is 1. The van der Waals surface area contributed by atoms with E-state index in [2.05, 4.69) is 5.32 Å². The fourth-order valence-corrected chi connectivity index (χ4v) is 5.72. The molecule has 0 spiro atoms. The van der Waals surface area contributed by atoms with Crippen molar-refractivity contribution >= 4 is 33.2 Å². The maximum absolute atomic E-state index is 13.4. The number of carbonyl (C=O) groups excluding carboxylic acids is 2. The number of para-hydroxylation sites is 3. The van der Waals surface area contributed by atoms with Crippen LogP contribution in [-0.4, -0.2) is 50.9 Å². The number of nitrogens with zero attached hydrogens (tertiary/aromatic N) is 2. The highest BCUT2D eigenvalue weighted by Crippen LogP contribution is 2.36. The Bertz CT molecular complexity index is 1340. The summed E-state index contributed by atoms with van der Waals surface area (Å²) in [7, 11) is -3.82. The van der Waals surface area contributed by atoms with Crippen molar-refractivity contribution < 1.29 is 22.7 Å². The molecule has 188 valence electrons. The number of benzene rings is 3. The Kier molecular flexibility index (Phi) is 7.59. The Morgan fingerprint density at radius 1 is 0.944 bits per heavy atom. The first-order valence-electron chi connectivity index (χ1n) is 11.8. The second-order valence-electron chi connectivity index (χ2n) is 8.36. The standard InChI is InChI=1S/C27H29N3O5S/c1-3-29(4-2)27(32)21-14-8-9-15-22(21)28-26(31)25-18-30(23-16-10-11-17-24(23)35-25)36(33,34)19-20-12-6-5-7-13-20/h5-17,25H,3-4,18-19H2,1-2H3,(H,28,31)/t25-/m1/s1. The van der Waals surface area contributed by atoms with Crippen molar-refractivity contribution in [2.45, 2.75) is 25.7 Å². The molecule has 0 unspecified atom stereocenters. The molecule has 0 fully saturated rings. The van der Waals surface area contributed by atoms with E-state index in [-0.39, 0.29) is 18.2 Å². The molecule has 0 radical (unpaired) electrons. The SMILES string of the molecule is CCN(CC)C(=O)c1ccccc1NC(=O)[C@H]1CN(S(=O)(=O)Cc2ccccc2)c2ccccc2O1. The second kappa shape index (κ2) is 10.8. The van der Waals surface area contributed by atoms with Crippen LogP contribution in [0.25, 0.3) is 0 Å². The quantitative estimate of drug-likeness (QED) is 0.499. The highest BCUT2D eigenvalue weighted by atomic mass is 32.2. The Hall–Kier alpha value is -3.85. The number of nitrogens with one attached hydrogen (secondary N) is 1. The monoisotopic (exact) mass is 507 g/mol. The smallest absolute Gasteiger partial charge is 0.267 e. The number of rotatable bonds is 8. The largest absolute Gasteiger partial charge is 0.476 e. The van der Waals surface area contributed by atoms with Crippen LogP contribution in [0.5, 0.6) is 5.75 Å². The Morgan fingerprint density at radius 3 is 2.31 bits per heavy atom. The lowest BCUT2D eigenvalue weighted by Gasteiger charge is -2.34. The zero-order valence-corrected chi connectivity index (χ0v) is 21.1. The number of hydrogen-bond acceptors (Lipinski definition) is 5. The number of carbonyl (C=O) groups is 2. The third-order valence-corrected chi connectivity index (χ3v) is 7.74. The molecule has 9 heteroatoms. The fraction of sp³-hybridized carbons (Fsp3) is 0.259. The summed E-state index contributed by atoms with van der Waals surface area (Å²) < 4.78 is 34.0. The van der Waals surface area contributed by atoms with Gasteiger partial charge in [-0.2, -0.15) is 0 Å². The van der Waals surface area contributed by atoms with Crippen LogP contribution < -0.4 is 14.4 Å². The van der Waals surface area contributed by atoms with Gasteiger partial charge in [0.05, 0.1) is 29.2 Å². The molecule has 0 saturated carbocycles. The lowest BCUT2D eigenvalue weighted by Crippen LogP contribution is -2.49. The molecule has 0 bridgehead atoms. The van der Waals surface area contributed by atoms with Crippen LogP contribution in [0.3, 0.4) is 0 Å². The van der Waals surface area contributed by atoms with Gasteiger partial charge in [-0.15, -0.1) is 0 Å². The maximum Gasteiger partial charge on any atom is 0.267 e. The van der Waals surface area contributed by atoms with E-state index < -0.39 is 22.0 Å². The van der Waals surface area contributed by atoms with E-state index in [0.29, 0.717) is 41.3 Å². The van der Waals surface area contributed by atoms with Gasteiger partial charge in [0.2, 0.25) is 10.0 Å². The minimum absolute atomic E-state index is 0.190. The Morgan fingerprint density at radius 2 is 1.58 bits per heavy atom. The number of anilines is 2. The fourth-order valence-electron chi connectivity index (χ4n) is 4.14. The number of sulfonamides is 1. The molecule has 0 aromatic heterocycles. The zero-order valence-electron chi connectivity index (χ0n) is 20.3. The zero-order chi connectivity index (χ0) is 25.7. The topological polar surface area (TPSA) is 96.0 Å². The van der Waals surface area contributed by atoms with E-state index in [1.54, 1.807) is 77.7 Å². The molecule has 1 aliphatic heterocycles. The molecule has 0 saturated heterocycles. The first kappa shape index (κ1) is 25.2. The first-order valence-corrected chi connectivity index (χ1v) is 13.4. The van der Waals surface area contributed by atoms with Crippen LogP contribution in [0, 0.1) is 0 Å². The minimum atomic E-state index is -3.82. The van der Waals surface area contributed by atoms with Gasteiger partial charge in [0, 0.05) is 13.1 Å². The van der Waals surface area contributed by atoms with E-state index in [4.69, 9.17) is 4.74 Å². The second-order valence-corrected chi connectivity index (χ2v) is 10.3. The van der Waals surface area contributed by atoms with Crippen LogP contribution >= 0.6 is 0 Å². The molecule has 3 aromatic rings. The van der Waals surface area contributed by atoms with Crippen LogP contribution in [0.1, 0.15) is 29.8 Å². The molecule has 4 rings (SSSR count). The van der Waals surface area contributed by atoms with Gasteiger partial charge in [-0.05, 0) is 43.7 Å². The average Bonchev–Trinajstić information content (AvgIpc) is 2.89. The lowest BCUT2D eigenvalue weighted by molar-refractivity contribution is -0.122.